The highest BCUT2D eigenvalue weighted by Gasteiger charge is 2.34. The number of nitrogens with one attached hydrogen (secondary N) is 2. The van der Waals surface area contributed by atoms with Gasteiger partial charge in [0.1, 0.15) is 0 Å². The average molecular weight is 354 g/mol. The fourth-order valence-corrected chi connectivity index (χ4v) is 3.06. The molecule has 0 bridgehead atoms. The zero-order valence-corrected chi connectivity index (χ0v) is 14.7. The molecule has 0 aromatic heterocycles. The van der Waals surface area contributed by atoms with Gasteiger partial charge in [0, 0.05) is 17.1 Å². The molecule has 0 radical (unpaired) electrons. The van der Waals surface area contributed by atoms with E-state index in [1.54, 1.807) is 12.1 Å². The summed E-state index contributed by atoms with van der Waals surface area (Å²) in [5, 5.41) is 15.4. The number of aliphatic carboxylic acids is 1. The summed E-state index contributed by atoms with van der Waals surface area (Å²) in [4.78, 5) is 24.8. The molecule has 3 N–H and O–H groups in total. The van der Waals surface area contributed by atoms with Crippen molar-refractivity contribution in [1.82, 2.24) is 15.5 Å². The predicted molar refractivity (Wildman–Crippen MR) is 93.2 cm³/mol. The maximum Gasteiger partial charge on any atom is 0.317 e. The number of nitrogens with zero attached hydrogens (tertiary/aromatic N) is 1. The summed E-state index contributed by atoms with van der Waals surface area (Å²) in [5.74, 6) is -0.817. The minimum Gasteiger partial charge on any atom is -0.480 e. The van der Waals surface area contributed by atoms with Gasteiger partial charge in [-0.25, -0.2) is 4.79 Å². The van der Waals surface area contributed by atoms with Crippen molar-refractivity contribution in [2.24, 2.45) is 0 Å². The molecule has 2 rings (SSSR count). The lowest BCUT2D eigenvalue weighted by Gasteiger charge is -2.42. The van der Waals surface area contributed by atoms with Crippen LogP contribution in [0.2, 0.25) is 5.02 Å². The molecule has 1 aliphatic rings. The van der Waals surface area contributed by atoms with Crippen molar-refractivity contribution in [3.63, 3.8) is 0 Å². The first kappa shape index (κ1) is 18.5. The number of benzene rings is 1. The van der Waals surface area contributed by atoms with E-state index in [0.29, 0.717) is 11.6 Å². The van der Waals surface area contributed by atoms with Crippen LogP contribution in [0.5, 0.6) is 0 Å². The van der Waals surface area contributed by atoms with E-state index in [9.17, 15) is 9.59 Å². The maximum atomic E-state index is 12.1. The molecule has 132 valence electrons. The van der Waals surface area contributed by atoms with Gasteiger partial charge in [0.25, 0.3) is 0 Å². The SMILES string of the molecule is CCN(CC(=O)O)C1CC(NC(=O)NC(C)c2ccc(Cl)cc2)C1. The second kappa shape index (κ2) is 8.35. The number of urea groups is 1. The fourth-order valence-electron chi connectivity index (χ4n) is 2.94. The van der Waals surface area contributed by atoms with Gasteiger partial charge in [-0.1, -0.05) is 30.7 Å². The third-order valence-corrected chi connectivity index (χ3v) is 4.68. The quantitative estimate of drug-likeness (QED) is 0.703. The maximum absolute atomic E-state index is 12.1. The number of amides is 2. The Labute approximate surface area is 147 Å². The van der Waals surface area contributed by atoms with Crippen molar-refractivity contribution in [3.05, 3.63) is 34.9 Å². The van der Waals surface area contributed by atoms with Crippen molar-refractivity contribution in [1.29, 1.82) is 0 Å². The van der Waals surface area contributed by atoms with Crippen LogP contribution in [0.25, 0.3) is 0 Å². The van der Waals surface area contributed by atoms with Crippen molar-refractivity contribution in [2.45, 2.75) is 44.8 Å². The lowest BCUT2D eigenvalue weighted by Crippen LogP contribution is -2.56. The second-order valence-corrected chi connectivity index (χ2v) is 6.61. The summed E-state index contributed by atoms with van der Waals surface area (Å²) in [6.45, 7) is 4.61. The molecule has 1 fully saturated rings. The topological polar surface area (TPSA) is 81.7 Å². The third-order valence-electron chi connectivity index (χ3n) is 4.43. The van der Waals surface area contributed by atoms with Crippen LogP contribution >= 0.6 is 11.6 Å². The Morgan fingerprint density at radius 3 is 2.50 bits per heavy atom. The van der Waals surface area contributed by atoms with E-state index in [4.69, 9.17) is 16.7 Å². The van der Waals surface area contributed by atoms with Gasteiger partial charge in [-0.3, -0.25) is 9.69 Å². The Kier molecular flexibility index (Phi) is 6.45. The molecule has 24 heavy (non-hydrogen) atoms. The van der Waals surface area contributed by atoms with Gasteiger partial charge in [0.2, 0.25) is 0 Å². The minimum absolute atomic E-state index is 0.0493. The molecule has 6 nitrogen and oxygen atoms in total. The molecule has 1 unspecified atom stereocenters. The molecule has 1 saturated carbocycles. The smallest absolute Gasteiger partial charge is 0.317 e. The number of halogens is 1. The van der Waals surface area contributed by atoms with Crippen molar-refractivity contribution in [2.75, 3.05) is 13.1 Å². The van der Waals surface area contributed by atoms with E-state index in [0.717, 1.165) is 18.4 Å². The van der Waals surface area contributed by atoms with E-state index in [1.807, 2.05) is 30.9 Å². The van der Waals surface area contributed by atoms with Crippen LogP contribution in [0.3, 0.4) is 0 Å². The predicted octanol–water partition coefficient (Wildman–Crippen LogP) is 2.64. The van der Waals surface area contributed by atoms with Crippen LogP contribution in [0, 0.1) is 0 Å². The van der Waals surface area contributed by atoms with Crippen LogP contribution in [-0.2, 0) is 4.79 Å². The van der Waals surface area contributed by atoms with Crippen LogP contribution in [0.15, 0.2) is 24.3 Å². The van der Waals surface area contributed by atoms with Gasteiger partial charge in [0.05, 0.1) is 12.6 Å². The molecule has 1 atom stereocenters. The summed E-state index contributed by atoms with van der Waals surface area (Å²) in [5.41, 5.74) is 0.986. The van der Waals surface area contributed by atoms with Gasteiger partial charge in [-0.05, 0) is 44.0 Å². The first-order valence-corrected chi connectivity index (χ1v) is 8.55. The summed E-state index contributed by atoms with van der Waals surface area (Å²) in [7, 11) is 0. The number of carboxylic acids is 1. The van der Waals surface area contributed by atoms with Crippen LogP contribution < -0.4 is 10.6 Å². The van der Waals surface area contributed by atoms with Gasteiger partial charge in [-0.15, -0.1) is 0 Å². The van der Waals surface area contributed by atoms with Crippen LogP contribution in [0.1, 0.15) is 38.3 Å². The number of hydrogen-bond donors (Lipinski definition) is 3. The fraction of sp³-hybridized carbons (Fsp3) is 0.529. The third kappa shape index (κ3) is 5.11. The summed E-state index contributed by atoms with van der Waals surface area (Å²) in [6.07, 6.45) is 1.56. The van der Waals surface area contributed by atoms with E-state index in [2.05, 4.69) is 10.6 Å². The minimum atomic E-state index is -0.817. The molecule has 1 aliphatic carbocycles. The summed E-state index contributed by atoms with van der Waals surface area (Å²) < 4.78 is 0. The van der Waals surface area contributed by atoms with E-state index in [-0.39, 0.29) is 30.7 Å². The zero-order chi connectivity index (χ0) is 17.7. The molecule has 2 amide bonds. The Bertz CT molecular complexity index is 573. The Morgan fingerprint density at radius 1 is 1.33 bits per heavy atom. The molecular formula is C17H24ClN3O3. The Morgan fingerprint density at radius 2 is 1.96 bits per heavy atom. The second-order valence-electron chi connectivity index (χ2n) is 6.17. The number of likely N-dealkylation sites (N-methyl/N-ethyl adjacent to an activating group) is 1. The number of carboxylic acid groups (broad SMARTS) is 1. The van der Waals surface area contributed by atoms with Gasteiger partial charge < -0.3 is 15.7 Å². The molecule has 1 aromatic carbocycles. The van der Waals surface area contributed by atoms with Gasteiger partial charge in [-0.2, -0.15) is 0 Å². The highest BCUT2D eigenvalue weighted by atomic mass is 35.5. The van der Waals surface area contributed by atoms with Gasteiger partial charge in [0.15, 0.2) is 0 Å². The Hall–Kier alpha value is -1.79. The number of carbonyl (C=O) groups excluding carboxylic acids is 1. The first-order chi connectivity index (χ1) is 11.4. The molecule has 0 saturated heterocycles. The molecule has 0 aliphatic heterocycles. The summed E-state index contributed by atoms with van der Waals surface area (Å²) in [6, 6.07) is 7.37. The molecule has 0 spiro atoms. The van der Waals surface area contributed by atoms with Crippen LogP contribution in [0.4, 0.5) is 4.79 Å². The van der Waals surface area contributed by atoms with Crippen molar-refractivity contribution < 1.29 is 14.7 Å². The summed E-state index contributed by atoms with van der Waals surface area (Å²) >= 11 is 5.86. The molecule has 1 aromatic rings. The number of carbonyl (C=O) groups is 2. The number of rotatable bonds is 7. The van der Waals surface area contributed by atoms with Crippen LogP contribution in [-0.4, -0.2) is 47.2 Å². The lowest BCUT2D eigenvalue weighted by atomic mass is 9.85. The number of hydrogen-bond acceptors (Lipinski definition) is 3. The highest BCUT2D eigenvalue weighted by Crippen LogP contribution is 2.25. The molecule has 7 heteroatoms. The van der Waals surface area contributed by atoms with E-state index < -0.39 is 5.97 Å². The van der Waals surface area contributed by atoms with Crippen molar-refractivity contribution >= 4 is 23.6 Å². The molecular weight excluding hydrogens is 330 g/mol. The standard InChI is InChI=1S/C17H24ClN3O3/c1-3-21(10-16(22)23)15-8-14(9-15)20-17(24)19-11(2)12-4-6-13(18)7-5-12/h4-7,11,14-15H,3,8-10H2,1-2H3,(H,22,23)(H2,19,20,24). The largest absolute Gasteiger partial charge is 0.480 e. The van der Waals surface area contributed by atoms with E-state index in [1.165, 1.54) is 0 Å². The van der Waals surface area contributed by atoms with Gasteiger partial charge >= 0.3 is 12.0 Å². The Balaban J connectivity index is 1.74. The zero-order valence-electron chi connectivity index (χ0n) is 14.0. The monoisotopic (exact) mass is 353 g/mol. The normalized spacial score (nSPS) is 21.0. The lowest BCUT2D eigenvalue weighted by molar-refractivity contribution is -0.139. The first-order valence-electron chi connectivity index (χ1n) is 8.17. The van der Waals surface area contributed by atoms with Crippen molar-refractivity contribution in [3.8, 4) is 0 Å². The molecule has 0 heterocycles. The average Bonchev–Trinajstić information content (AvgIpc) is 2.48. The van der Waals surface area contributed by atoms with E-state index >= 15 is 0 Å². The highest BCUT2D eigenvalue weighted by molar-refractivity contribution is 6.30.